The Balaban J connectivity index is 1.70. The largest absolute Gasteiger partial charge is 0.493 e. The zero-order chi connectivity index (χ0) is 17.1. The van der Waals surface area contributed by atoms with Gasteiger partial charge < -0.3 is 10.1 Å². The van der Waals surface area contributed by atoms with Crippen LogP contribution in [0.1, 0.15) is 6.42 Å². The maximum absolute atomic E-state index is 12.3. The Morgan fingerprint density at radius 3 is 3.04 bits per heavy atom. The lowest BCUT2D eigenvalue weighted by atomic mass is 10.2. The summed E-state index contributed by atoms with van der Waals surface area (Å²) in [5.41, 5.74) is 0.350. The molecule has 0 radical (unpaired) electrons. The molecule has 3 aromatic rings. The van der Waals surface area contributed by atoms with E-state index < -0.39 is 0 Å². The van der Waals surface area contributed by atoms with E-state index in [1.54, 1.807) is 24.3 Å². The molecule has 2 heterocycles. The highest BCUT2D eigenvalue weighted by molar-refractivity contribution is 7.16. The summed E-state index contributed by atoms with van der Waals surface area (Å²) >= 11 is 7.43. The van der Waals surface area contributed by atoms with Gasteiger partial charge in [-0.15, -0.1) is 11.3 Å². The third-order valence-corrected chi connectivity index (χ3v) is 4.59. The number of para-hydroxylation sites is 1. The van der Waals surface area contributed by atoms with E-state index in [9.17, 15) is 9.59 Å². The van der Waals surface area contributed by atoms with Crippen LogP contribution in [0.25, 0.3) is 10.2 Å². The van der Waals surface area contributed by atoms with Crippen molar-refractivity contribution in [2.45, 2.75) is 13.0 Å². The molecule has 0 saturated heterocycles. The van der Waals surface area contributed by atoms with Crippen molar-refractivity contribution in [3.63, 3.8) is 0 Å². The van der Waals surface area contributed by atoms with Gasteiger partial charge in [-0.1, -0.05) is 17.7 Å². The minimum Gasteiger partial charge on any atom is -0.493 e. The molecule has 0 spiro atoms. The molecule has 0 atom stereocenters. The Labute approximate surface area is 146 Å². The fourth-order valence-corrected chi connectivity index (χ4v) is 3.28. The van der Waals surface area contributed by atoms with Gasteiger partial charge in [-0.05, 0) is 23.6 Å². The Morgan fingerprint density at radius 2 is 2.25 bits per heavy atom. The molecule has 0 bridgehead atoms. The number of nitrogens with one attached hydrogen (secondary N) is 1. The standard InChI is InChI=1S/C16H14ClN3O3S/c1-23-14-11(17)3-2-4-12(14)19-13(21)5-7-20-9-18-15-10(16(20)22)6-8-24-15/h2-4,6,8-9H,5,7H2,1H3,(H,19,21). The highest BCUT2D eigenvalue weighted by Gasteiger charge is 2.11. The molecule has 0 aliphatic heterocycles. The molecule has 2 aromatic heterocycles. The van der Waals surface area contributed by atoms with Gasteiger partial charge in [0.2, 0.25) is 5.91 Å². The number of fused-ring (bicyclic) bond motifs is 1. The molecule has 0 fully saturated rings. The molecule has 1 aromatic carbocycles. The van der Waals surface area contributed by atoms with E-state index in [0.29, 0.717) is 26.7 Å². The normalized spacial score (nSPS) is 10.8. The summed E-state index contributed by atoms with van der Waals surface area (Å²) in [4.78, 5) is 29.3. The van der Waals surface area contributed by atoms with Gasteiger partial charge in [0.25, 0.3) is 5.56 Å². The summed E-state index contributed by atoms with van der Waals surface area (Å²) in [6.07, 6.45) is 1.60. The number of aromatic nitrogens is 2. The van der Waals surface area contributed by atoms with Crippen LogP contribution in [0.5, 0.6) is 5.75 Å². The second-order valence-corrected chi connectivity index (χ2v) is 6.30. The number of ether oxygens (including phenoxy) is 1. The zero-order valence-corrected chi connectivity index (χ0v) is 14.4. The highest BCUT2D eigenvalue weighted by atomic mass is 35.5. The number of amides is 1. The monoisotopic (exact) mass is 363 g/mol. The first-order valence-corrected chi connectivity index (χ1v) is 8.41. The predicted molar refractivity (Wildman–Crippen MR) is 95.1 cm³/mol. The number of nitrogens with zero attached hydrogens (tertiary/aromatic N) is 2. The number of hydrogen-bond acceptors (Lipinski definition) is 5. The number of halogens is 1. The van der Waals surface area contributed by atoms with Crippen molar-refractivity contribution in [3.05, 3.63) is 51.3 Å². The number of rotatable bonds is 5. The second-order valence-electron chi connectivity index (χ2n) is 5.00. The molecular formula is C16H14ClN3O3S. The number of hydrogen-bond donors (Lipinski definition) is 1. The average Bonchev–Trinajstić information content (AvgIpc) is 3.04. The number of thiophene rings is 1. The molecule has 1 amide bonds. The Hall–Kier alpha value is -2.38. The highest BCUT2D eigenvalue weighted by Crippen LogP contribution is 2.32. The quantitative estimate of drug-likeness (QED) is 0.755. The van der Waals surface area contributed by atoms with Gasteiger partial charge in [0.1, 0.15) is 4.83 Å². The molecular weight excluding hydrogens is 350 g/mol. The van der Waals surface area contributed by atoms with E-state index in [1.165, 1.54) is 29.3 Å². The van der Waals surface area contributed by atoms with Crippen molar-refractivity contribution in [2.24, 2.45) is 0 Å². The van der Waals surface area contributed by atoms with Gasteiger partial charge in [-0.3, -0.25) is 14.2 Å². The lowest BCUT2D eigenvalue weighted by Gasteiger charge is -2.11. The lowest BCUT2D eigenvalue weighted by Crippen LogP contribution is -2.23. The maximum atomic E-state index is 12.3. The number of carbonyl (C=O) groups is 1. The average molecular weight is 364 g/mol. The summed E-state index contributed by atoms with van der Waals surface area (Å²) in [6, 6.07) is 6.84. The van der Waals surface area contributed by atoms with Crippen LogP contribution in [0.2, 0.25) is 5.02 Å². The van der Waals surface area contributed by atoms with Crippen LogP contribution in [-0.2, 0) is 11.3 Å². The molecule has 0 aliphatic carbocycles. The molecule has 1 N–H and O–H groups in total. The maximum Gasteiger partial charge on any atom is 0.262 e. The van der Waals surface area contributed by atoms with Crippen molar-refractivity contribution in [3.8, 4) is 5.75 Å². The lowest BCUT2D eigenvalue weighted by molar-refractivity contribution is -0.116. The Morgan fingerprint density at radius 1 is 1.42 bits per heavy atom. The Kier molecular flexibility index (Phi) is 4.82. The van der Waals surface area contributed by atoms with Crippen molar-refractivity contribution < 1.29 is 9.53 Å². The molecule has 24 heavy (non-hydrogen) atoms. The van der Waals surface area contributed by atoms with Crippen LogP contribution >= 0.6 is 22.9 Å². The number of carbonyl (C=O) groups excluding carboxylic acids is 1. The van der Waals surface area contributed by atoms with Crippen molar-refractivity contribution in [1.29, 1.82) is 0 Å². The third-order valence-electron chi connectivity index (χ3n) is 3.48. The summed E-state index contributed by atoms with van der Waals surface area (Å²) in [5, 5.41) is 5.55. The topological polar surface area (TPSA) is 73.2 Å². The van der Waals surface area contributed by atoms with Gasteiger partial charge >= 0.3 is 0 Å². The predicted octanol–water partition coefficient (Wildman–Crippen LogP) is 3.15. The van der Waals surface area contributed by atoms with Gasteiger partial charge in [0.05, 0.1) is 29.5 Å². The SMILES string of the molecule is COc1c(Cl)cccc1NC(=O)CCn1cnc2sccc2c1=O. The third kappa shape index (κ3) is 3.27. The fourth-order valence-electron chi connectivity index (χ4n) is 2.30. The van der Waals surface area contributed by atoms with Crippen LogP contribution < -0.4 is 15.6 Å². The van der Waals surface area contributed by atoms with Crippen LogP contribution in [0.15, 0.2) is 40.8 Å². The van der Waals surface area contributed by atoms with Crippen LogP contribution in [0.4, 0.5) is 5.69 Å². The van der Waals surface area contributed by atoms with E-state index in [-0.39, 0.29) is 24.4 Å². The molecule has 0 unspecified atom stereocenters. The second kappa shape index (κ2) is 7.02. The number of methoxy groups -OCH3 is 1. The summed E-state index contributed by atoms with van der Waals surface area (Å²) in [7, 11) is 1.48. The number of anilines is 1. The van der Waals surface area contributed by atoms with Crippen molar-refractivity contribution >= 4 is 44.7 Å². The van der Waals surface area contributed by atoms with Crippen molar-refractivity contribution in [2.75, 3.05) is 12.4 Å². The minimum atomic E-state index is -0.243. The molecule has 3 rings (SSSR count). The van der Waals surface area contributed by atoms with Crippen LogP contribution in [0, 0.1) is 0 Å². The van der Waals surface area contributed by atoms with E-state index >= 15 is 0 Å². The molecule has 6 nitrogen and oxygen atoms in total. The van der Waals surface area contributed by atoms with Crippen molar-refractivity contribution in [1.82, 2.24) is 9.55 Å². The molecule has 8 heteroatoms. The number of benzene rings is 1. The first-order chi connectivity index (χ1) is 11.6. The first-order valence-electron chi connectivity index (χ1n) is 7.15. The summed E-state index contributed by atoms with van der Waals surface area (Å²) in [5.74, 6) is 0.166. The Bertz CT molecular complexity index is 951. The fraction of sp³-hybridized carbons (Fsp3) is 0.188. The van der Waals surface area contributed by atoms with Gasteiger partial charge in [-0.25, -0.2) is 4.98 Å². The van der Waals surface area contributed by atoms with E-state index in [4.69, 9.17) is 16.3 Å². The number of aryl methyl sites for hydroxylation is 1. The summed E-state index contributed by atoms with van der Waals surface area (Å²) < 4.78 is 6.62. The molecule has 0 saturated carbocycles. The molecule has 124 valence electrons. The first kappa shape index (κ1) is 16.5. The zero-order valence-electron chi connectivity index (χ0n) is 12.8. The van der Waals surface area contributed by atoms with Gasteiger partial charge in [-0.2, -0.15) is 0 Å². The van der Waals surface area contributed by atoms with Crippen LogP contribution in [0.3, 0.4) is 0 Å². The van der Waals surface area contributed by atoms with Gasteiger partial charge in [0, 0.05) is 13.0 Å². The van der Waals surface area contributed by atoms with E-state index in [0.717, 1.165) is 0 Å². The smallest absolute Gasteiger partial charge is 0.262 e. The van der Waals surface area contributed by atoms with Crippen LogP contribution in [-0.4, -0.2) is 22.6 Å². The van der Waals surface area contributed by atoms with E-state index in [1.807, 2.05) is 5.38 Å². The van der Waals surface area contributed by atoms with Gasteiger partial charge in [0.15, 0.2) is 5.75 Å². The van der Waals surface area contributed by atoms with E-state index in [2.05, 4.69) is 10.3 Å². The minimum absolute atomic E-state index is 0.132. The summed E-state index contributed by atoms with van der Waals surface area (Å²) in [6.45, 7) is 0.242. The molecule has 0 aliphatic rings.